The monoisotopic (exact) mass is 320 g/mol. The van der Waals surface area contributed by atoms with Gasteiger partial charge < -0.3 is 10.1 Å². The number of nitrogens with one attached hydrogen (secondary N) is 2. The number of nitrogens with zero attached hydrogens (tertiary/aromatic N) is 2. The van der Waals surface area contributed by atoms with Gasteiger partial charge in [-0.2, -0.15) is 5.10 Å². The molecule has 0 aliphatic heterocycles. The normalized spacial score (nSPS) is 10.2. The molecule has 0 fully saturated rings. The number of thioether (sulfide) groups is 1. The Morgan fingerprint density at radius 1 is 1.32 bits per heavy atom. The van der Waals surface area contributed by atoms with E-state index in [1.54, 1.807) is 24.3 Å². The lowest BCUT2D eigenvalue weighted by atomic mass is 10.2. The van der Waals surface area contributed by atoms with Crippen molar-refractivity contribution in [3.63, 3.8) is 0 Å². The van der Waals surface area contributed by atoms with Gasteiger partial charge in [0.15, 0.2) is 5.16 Å². The van der Waals surface area contributed by atoms with Crippen LogP contribution in [-0.2, 0) is 9.53 Å². The summed E-state index contributed by atoms with van der Waals surface area (Å²) in [6.07, 6.45) is 2.17. The van der Waals surface area contributed by atoms with E-state index < -0.39 is 0 Å². The van der Waals surface area contributed by atoms with Crippen LogP contribution in [-0.4, -0.2) is 39.4 Å². The number of carbonyl (C=O) groups is 2. The lowest BCUT2D eigenvalue weighted by Gasteiger charge is -2.06. The number of aromatic amines is 1. The van der Waals surface area contributed by atoms with Crippen LogP contribution in [0.25, 0.3) is 0 Å². The molecule has 1 amide bonds. The standard InChI is InChI=1S/C14H16N4O3S/c1-2-7-21-13(20)10-3-5-11(6-4-10)17-12(19)8-22-14-15-9-16-18-14/h3-6,9H,2,7-8H2,1H3,(H,17,19)(H,15,16,18). The van der Waals surface area contributed by atoms with Gasteiger partial charge in [-0.05, 0) is 30.7 Å². The highest BCUT2D eigenvalue weighted by molar-refractivity contribution is 7.99. The second-order valence-electron chi connectivity index (χ2n) is 4.34. The van der Waals surface area contributed by atoms with Gasteiger partial charge >= 0.3 is 5.97 Å². The van der Waals surface area contributed by atoms with Crippen molar-refractivity contribution in [2.45, 2.75) is 18.5 Å². The third kappa shape index (κ3) is 4.88. The zero-order valence-corrected chi connectivity index (χ0v) is 12.9. The number of carbonyl (C=O) groups excluding carboxylic acids is 2. The number of H-pyrrole nitrogens is 1. The van der Waals surface area contributed by atoms with Gasteiger partial charge in [0.2, 0.25) is 5.91 Å². The van der Waals surface area contributed by atoms with Crippen molar-refractivity contribution in [3.05, 3.63) is 36.2 Å². The Balaban J connectivity index is 1.82. The predicted octanol–water partition coefficient (Wildman–Crippen LogP) is 2.10. The van der Waals surface area contributed by atoms with Crippen LogP contribution in [0.15, 0.2) is 35.7 Å². The van der Waals surface area contributed by atoms with Crippen LogP contribution in [0.1, 0.15) is 23.7 Å². The number of hydrogen-bond acceptors (Lipinski definition) is 6. The van der Waals surface area contributed by atoms with Crippen LogP contribution in [0.4, 0.5) is 5.69 Å². The molecule has 0 aliphatic carbocycles. The number of anilines is 1. The maximum Gasteiger partial charge on any atom is 0.338 e. The molecule has 22 heavy (non-hydrogen) atoms. The van der Waals surface area contributed by atoms with E-state index in [1.807, 2.05) is 6.92 Å². The molecule has 2 rings (SSSR count). The Kier molecular flexibility index (Phi) is 5.96. The van der Waals surface area contributed by atoms with Crippen molar-refractivity contribution in [1.82, 2.24) is 15.2 Å². The minimum absolute atomic E-state index is 0.164. The summed E-state index contributed by atoms with van der Waals surface area (Å²) in [4.78, 5) is 27.3. The molecule has 2 aromatic rings. The number of hydrogen-bond donors (Lipinski definition) is 2. The quantitative estimate of drug-likeness (QED) is 0.599. The molecule has 0 radical (unpaired) electrons. The van der Waals surface area contributed by atoms with Crippen molar-refractivity contribution in [2.75, 3.05) is 17.7 Å². The van der Waals surface area contributed by atoms with Crippen LogP contribution in [0.2, 0.25) is 0 Å². The molecule has 0 bridgehead atoms. The van der Waals surface area contributed by atoms with Crippen molar-refractivity contribution in [3.8, 4) is 0 Å². The van der Waals surface area contributed by atoms with Gasteiger partial charge in [0, 0.05) is 5.69 Å². The number of esters is 1. The zero-order valence-electron chi connectivity index (χ0n) is 12.0. The molecular formula is C14H16N4O3S. The molecular weight excluding hydrogens is 304 g/mol. The van der Waals surface area contributed by atoms with Crippen molar-refractivity contribution < 1.29 is 14.3 Å². The minimum Gasteiger partial charge on any atom is -0.462 e. The Hall–Kier alpha value is -2.35. The second-order valence-corrected chi connectivity index (χ2v) is 5.30. The van der Waals surface area contributed by atoms with E-state index in [9.17, 15) is 9.59 Å². The molecule has 8 heteroatoms. The third-order valence-corrected chi connectivity index (χ3v) is 3.45. The first-order valence-corrected chi connectivity index (χ1v) is 7.73. The van der Waals surface area contributed by atoms with E-state index in [2.05, 4.69) is 20.5 Å². The lowest BCUT2D eigenvalue weighted by molar-refractivity contribution is -0.113. The van der Waals surface area contributed by atoms with Crippen LogP contribution in [0, 0.1) is 0 Å². The first kappa shape index (κ1) is 16.0. The van der Waals surface area contributed by atoms with E-state index in [4.69, 9.17) is 4.74 Å². The molecule has 116 valence electrons. The predicted molar refractivity (Wildman–Crippen MR) is 82.8 cm³/mol. The fourth-order valence-corrected chi connectivity index (χ4v) is 2.14. The summed E-state index contributed by atoms with van der Waals surface area (Å²) < 4.78 is 5.03. The highest BCUT2D eigenvalue weighted by Crippen LogP contribution is 2.14. The second kappa shape index (κ2) is 8.18. The van der Waals surface area contributed by atoms with E-state index >= 15 is 0 Å². The van der Waals surface area contributed by atoms with Gasteiger partial charge in [0.1, 0.15) is 6.33 Å². The number of amides is 1. The summed E-state index contributed by atoms with van der Waals surface area (Å²) in [5.74, 6) is -0.307. The molecule has 0 unspecified atom stereocenters. The van der Waals surface area contributed by atoms with Crippen LogP contribution in [0.5, 0.6) is 0 Å². The smallest absolute Gasteiger partial charge is 0.338 e. The highest BCUT2D eigenvalue weighted by atomic mass is 32.2. The summed E-state index contributed by atoms with van der Waals surface area (Å²) in [5.41, 5.74) is 1.08. The fourth-order valence-electron chi connectivity index (χ4n) is 1.56. The Labute approximate surface area is 131 Å². The van der Waals surface area contributed by atoms with E-state index in [-0.39, 0.29) is 17.6 Å². The molecule has 1 aromatic carbocycles. The van der Waals surface area contributed by atoms with E-state index in [1.165, 1.54) is 18.1 Å². The molecule has 1 heterocycles. The van der Waals surface area contributed by atoms with Gasteiger partial charge in [0.25, 0.3) is 0 Å². The largest absolute Gasteiger partial charge is 0.462 e. The Morgan fingerprint density at radius 3 is 2.73 bits per heavy atom. The average molecular weight is 320 g/mol. The molecule has 1 aromatic heterocycles. The highest BCUT2D eigenvalue weighted by Gasteiger charge is 2.08. The average Bonchev–Trinajstić information content (AvgIpc) is 3.05. The first-order valence-electron chi connectivity index (χ1n) is 6.74. The fraction of sp³-hybridized carbons (Fsp3) is 0.286. The molecule has 0 saturated heterocycles. The van der Waals surface area contributed by atoms with E-state index in [0.29, 0.717) is 23.0 Å². The summed E-state index contributed by atoms with van der Waals surface area (Å²) in [6, 6.07) is 6.58. The third-order valence-electron chi connectivity index (χ3n) is 2.57. The zero-order chi connectivity index (χ0) is 15.8. The van der Waals surface area contributed by atoms with Crippen molar-refractivity contribution in [2.24, 2.45) is 0 Å². The summed E-state index contributed by atoms with van der Waals surface area (Å²) in [5, 5.41) is 9.69. The molecule has 0 aliphatic rings. The van der Waals surface area contributed by atoms with Gasteiger partial charge in [-0.15, -0.1) is 0 Å². The van der Waals surface area contributed by atoms with Crippen LogP contribution < -0.4 is 5.32 Å². The van der Waals surface area contributed by atoms with Crippen LogP contribution in [0.3, 0.4) is 0 Å². The van der Waals surface area contributed by atoms with Crippen molar-refractivity contribution in [1.29, 1.82) is 0 Å². The first-order chi connectivity index (χ1) is 10.7. The summed E-state index contributed by atoms with van der Waals surface area (Å²) in [7, 11) is 0. The van der Waals surface area contributed by atoms with Crippen molar-refractivity contribution >= 4 is 29.3 Å². The molecule has 2 N–H and O–H groups in total. The number of aromatic nitrogens is 3. The topological polar surface area (TPSA) is 97.0 Å². The molecule has 0 spiro atoms. The number of benzene rings is 1. The Bertz CT molecular complexity index is 614. The minimum atomic E-state index is -0.361. The summed E-state index contributed by atoms with van der Waals surface area (Å²) >= 11 is 1.26. The van der Waals surface area contributed by atoms with Gasteiger partial charge in [-0.25, -0.2) is 9.78 Å². The maximum atomic E-state index is 11.8. The number of rotatable bonds is 7. The van der Waals surface area contributed by atoms with Gasteiger partial charge in [-0.1, -0.05) is 18.7 Å². The maximum absolute atomic E-state index is 11.8. The summed E-state index contributed by atoms with van der Waals surface area (Å²) in [6.45, 7) is 2.33. The van der Waals surface area contributed by atoms with Gasteiger partial charge in [0.05, 0.1) is 17.9 Å². The van der Waals surface area contributed by atoms with Gasteiger partial charge in [-0.3, -0.25) is 9.89 Å². The van der Waals surface area contributed by atoms with E-state index in [0.717, 1.165) is 6.42 Å². The lowest BCUT2D eigenvalue weighted by Crippen LogP contribution is -2.14. The molecule has 0 saturated carbocycles. The SMILES string of the molecule is CCCOC(=O)c1ccc(NC(=O)CSc2ncn[nH]2)cc1. The number of ether oxygens (including phenoxy) is 1. The molecule has 7 nitrogen and oxygen atoms in total. The Morgan fingerprint density at radius 2 is 2.09 bits per heavy atom. The van der Waals surface area contributed by atoms with Crippen LogP contribution >= 0.6 is 11.8 Å². The molecule has 0 atom stereocenters.